The fraction of sp³-hybridized carbons (Fsp3) is 0.351. The molecule has 2 amide bonds. The molecule has 1 saturated heterocycles. The van der Waals surface area contributed by atoms with Crippen LogP contribution in [0, 0.1) is 16.0 Å². The van der Waals surface area contributed by atoms with Gasteiger partial charge in [0.05, 0.1) is 35.4 Å². The average molecular weight is 745 g/mol. The lowest BCUT2D eigenvalue weighted by Gasteiger charge is -2.37. The molecule has 0 aliphatic carbocycles. The van der Waals surface area contributed by atoms with E-state index in [1.807, 2.05) is 30.3 Å². The molecule has 6 rings (SSSR count). The van der Waals surface area contributed by atoms with E-state index in [0.717, 1.165) is 5.56 Å². The zero-order chi connectivity index (χ0) is 38.7. The average Bonchev–Trinajstić information content (AvgIpc) is 3.71. The van der Waals surface area contributed by atoms with Crippen molar-refractivity contribution in [3.8, 4) is 0 Å². The summed E-state index contributed by atoms with van der Waals surface area (Å²) in [5, 5.41) is 84.4. The normalized spacial score (nSPS) is 25.1. The molecule has 3 aromatic carbocycles. The summed E-state index contributed by atoms with van der Waals surface area (Å²) in [5.41, 5.74) is 0.0395. The number of aliphatic hydroxyl groups is 6. The van der Waals surface area contributed by atoms with Gasteiger partial charge in [-0.25, -0.2) is 0 Å². The topological polar surface area (TPSA) is 254 Å². The number of aromatic nitrogens is 3. The van der Waals surface area contributed by atoms with Crippen LogP contribution >= 0.6 is 0 Å². The number of aryl methyl sites for hydroxylation is 1. The number of allylic oxidation sites excluding steroid dienone is 1. The van der Waals surface area contributed by atoms with E-state index in [9.17, 15) is 50.3 Å². The molecule has 0 bridgehead atoms. The lowest BCUT2D eigenvalue weighted by molar-refractivity contribution is -0.385. The largest absolute Gasteiger partial charge is 0.395 e. The number of hydrogen-bond donors (Lipinski definition) is 7. The van der Waals surface area contributed by atoms with E-state index >= 15 is 0 Å². The summed E-state index contributed by atoms with van der Waals surface area (Å²) in [6, 6.07) is 19.5. The van der Waals surface area contributed by atoms with Gasteiger partial charge in [-0.2, -0.15) is 0 Å². The molecule has 1 fully saturated rings. The number of nitrogens with zero attached hydrogens (tertiary/aromatic N) is 5. The predicted octanol–water partition coefficient (Wildman–Crippen LogP) is 1.07. The SMILES string of the molecule is C[C@H](/C=C/CCn1cc(C(CO)c2ccccc2)nn1)[C@@]1(O)C(=O)N(Cc2cccc(NC(=O)[C@H]3O[C@@H](O)[C@H](O)[C@@H](O)[C@@H]3O)c2)c2ccc([N+](=O)[O-])cc21. The second-order valence-electron chi connectivity index (χ2n) is 13.3. The number of amides is 2. The highest BCUT2D eigenvalue weighted by atomic mass is 16.6. The van der Waals surface area contributed by atoms with Crippen LogP contribution in [-0.4, -0.2) is 99.7 Å². The molecular formula is C37H40N6O11. The van der Waals surface area contributed by atoms with E-state index in [0.29, 0.717) is 24.2 Å². The molecule has 17 nitrogen and oxygen atoms in total. The molecule has 2 aliphatic rings. The van der Waals surface area contributed by atoms with Gasteiger partial charge in [-0.15, -0.1) is 5.10 Å². The summed E-state index contributed by atoms with van der Waals surface area (Å²) >= 11 is 0. The van der Waals surface area contributed by atoms with Gasteiger partial charge in [-0.1, -0.05) is 66.8 Å². The quantitative estimate of drug-likeness (QED) is 0.0575. The first-order chi connectivity index (χ1) is 25.8. The molecule has 7 N–H and O–H groups in total. The van der Waals surface area contributed by atoms with Gasteiger partial charge < -0.3 is 45.6 Å². The maximum atomic E-state index is 14.1. The van der Waals surface area contributed by atoms with Crippen LogP contribution in [0.25, 0.3) is 0 Å². The Morgan fingerprint density at radius 1 is 1.06 bits per heavy atom. The van der Waals surface area contributed by atoms with Gasteiger partial charge >= 0.3 is 0 Å². The number of nitrogens with one attached hydrogen (secondary N) is 1. The number of rotatable bonds is 13. The summed E-state index contributed by atoms with van der Waals surface area (Å²) in [7, 11) is 0. The van der Waals surface area contributed by atoms with Crippen LogP contribution < -0.4 is 10.2 Å². The lowest BCUT2D eigenvalue weighted by atomic mass is 9.82. The molecule has 8 atom stereocenters. The number of fused-ring (bicyclic) bond motifs is 1. The molecule has 284 valence electrons. The van der Waals surface area contributed by atoms with Crippen molar-refractivity contribution >= 4 is 28.9 Å². The van der Waals surface area contributed by atoms with Crippen LogP contribution in [0.3, 0.4) is 0 Å². The highest BCUT2D eigenvalue weighted by Gasteiger charge is 2.53. The molecule has 4 aromatic rings. The van der Waals surface area contributed by atoms with Gasteiger partial charge in [0.1, 0.15) is 18.3 Å². The Morgan fingerprint density at radius 2 is 1.81 bits per heavy atom. The Bertz CT molecular complexity index is 2030. The van der Waals surface area contributed by atoms with Gasteiger partial charge in [0.25, 0.3) is 17.5 Å². The van der Waals surface area contributed by atoms with Crippen molar-refractivity contribution in [2.24, 2.45) is 5.92 Å². The van der Waals surface area contributed by atoms with Crippen LogP contribution in [0.15, 0.2) is 91.1 Å². The summed E-state index contributed by atoms with van der Waals surface area (Å²) in [6.45, 7) is 1.79. The van der Waals surface area contributed by atoms with Crippen molar-refractivity contribution < 1.29 is 49.9 Å². The highest BCUT2D eigenvalue weighted by molar-refractivity contribution is 6.07. The van der Waals surface area contributed by atoms with Gasteiger partial charge in [0.15, 0.2) is 18.0 Å². The third kappa shape index (κ3) is 7.51. The molecule has 0 radical (unpaired) electrons. The minimum atomic E-state index is -2.17. The van der Waals surface area contributed by atoms with Crippen molar-refractivity contribution in [3.63, 3.8) is 0 Å². The zero-order valence-electron chi connectivity index (χ0n) is 29.0. The lowest BCUT2D eigenvalue weighted by Crippen LogP contribution is -2.60. The molecule has 17 heteroatoms. The van der Waals surface area contributed by atoms with Crippen molar-refractivity contribution in [2.75, 3.05) is 16.8 Å². The van der Waals surface area contributed by atoms with Crippen LogP contribution in [0.2, 0.25) is 0 Å². The van der Waals surface area contributed by atoms with Crippen LogP contribution in [0.4, 0.5) is 17.1 Å². The summed E-state index contributed by atoms with van der Waals surface area (Å²) in [5.74, 6) is -2.81. The monoisotopic (exact) mass is 744 g/mol. The van der Waals surface area contributed by atoms with Crippen LogP contribution in [0.5, 0.6) is 0 Å². The number of anilines is 2. The second-order valence-corrected chi connectivity index (χ2v) is 13.3. The van der Waals surface area contributed by atoms with E-state index in [1.165, 1.54) is 35.2 Å². The Kier molecular flexibility index (Phi) is 11.3. The Hall–Kier alpha value is -5.40. The second kappa shape index (κ2) is 15.9. The van der Waals surface area contributed by atoms with E-state index < -0.39 is 59.0 Å². The number of benzene rings is 3. The molecule has 0 spiro atoms. The number of aliphatic hydroxyl groups excluding tert-OH is 5. The van der Waals surface area contributed by atoms with E-state index in [-0.39, 0.29) is 41.7 Å². The fourth-order valence-electron chi connectivity index (χ4n) is 6.71. The molecule has 54 heavy (non-hydrogen) atoms. The van der Waals surface area contributed by atoms with Crippen molar-refractivity contribution in [3.05, 3.63) is 124 Å². The predicted molar refractivity (Wildman–Crippen MR) is 190 cm³/mol. The summed E-state index contributed by atoms with van der Waals surface area (Å²) < 4.78 is 6.63. The third-order valence-electron chi connectivity index (χ3n) is 9.75. The summed E-state index contributed by atoms with van der Waals surface area (Å²) in [6.07, 6.45) is -3.47. The van der Waals surface area contributed by atoms with Crippen molar-refractivity contribution in [1.82, 2.24) is 15.0 Å². The number of non-ortho nitro benzene ring substituents is 1. The molecule has 3 heterocycles. The Labute approximate surface area is 308 Å². The fourth-order valence-corrected chi connectivity index (χ4v) is 6.71. The van der Waals surface area contributed by atoms with E-state index in [4.69, 9.17) is 4.74 Å². The number of nitro groups is 1. The van der Waals surface area contributed by atoms with Gasteiger partial charge in [-0.3, -0.25) is 24.4 Å². The number of ether oxygens (including phenoxy) is 1. The number of carbonyl (C=O) groups excluding carboxylic acids is 2. The molecule has 1 unspecified atom stereocenters. The van der Waals surface area contributed by atoms with E-state index in [2.05, 4.69) is 15.6 Å². The number of nitro benzene ring substituents is 1. The minimum Gasteiger partial charge on any atom is -0.395 e. The molecular weight excluding hydrogens is 704 g/mol. The van der Waals surface area contributed by atoms with E-state index in [1.54, 1.807) is 42.1 Å². The maximum absolute atomic E-state index is 14.1. The molecule has 1 aromatic heterocycles. The molecule has 2 aliphatic heterocycles. The highest BCUT2D eigenvalue weighted by Crippen LogP contribution is 2.47. The first-order valence-electron chi connectivity index (χ1n) is 17.2. The first-order valence-corrected chi connectivity index (χ1v) is 17.2. The van der Waals surface area contributed by atoms with Crippen LogP contribution in [0.1, 0.15) is 41.6 Å². The van der Waals surface area contributed by atoms with Gasteiger partial charge in [0, 0.05) is 42.0 Å². The minimum absolute atomic E-state index is 0.0583. The van der Waals surface area contributed by atoms with Crippen molar-refractivity contribution in [1.29, 1.82) is 0 Å². The first kappa shape index (κ1) is 38.3. The number of hydrogen-bond acceptors (Lipinski definition) is 13. The zero-order valence-corrected chi connectivity index (χ0v) is 29.0. The van der Waals surface area contributed by atoms with Crippen molar-refractivity contribution in [2.45, 2.75) is 68.7 Å². The van der Waals surface area contributed by atoms with Gasteiger partial charge in [0.2, 0.25) is 0 Å². The number of carbonyl (C=O) groups is 2. The Balaban J connectivity index is 1.16. The third-order valence-corrected chi connectivity index (χ3v) is 9.75. The maximum Gasteiger partial charge on any atom is 0.269 e. The van der Waals surface area contributed by atoms with Crippen LogP contribution in [-0.2, 0) is 33.0 Å². The smallest absolute Gasteiger partial charge is 0.269 e. The standard InChI is InChI=1S/C37H40N6O11/c1-21(8-5-6-15-41-19-28(39-40-41)26(20-44)23-10-3-2-4-11-23)37(51)27-17-25(43(52)53)13-14-29(27)42(36(37)50)18-22-9-7-12-24(16-22)38-34(48)33-31(46)30(45)32(47)35(49)54-33/h2-5,7-14,16-17,19,21,26,30-33,35,44-47,49,51H,6,15,18,20H2,1H3,(H,38,48)/b8-5+/t21-,26?,30+,31+,32-,33+,35-,37+/m1/s1. The van der Waals surface area contributed by atoms with Gasteiger partial charge in [-0.05, 0) is 35.7 Å². The Morgan fingerprint density at radius 3 is 2.54 bits per heavy atom. The summed E-state index contributed by atoms with van der Waals surface area (Å²) in [4.78, 5) is 39.4. The molecule has 0 saturated carbocycles.